The molecule has 0 radical (unpaired) electrons. The number of hydrogen-bond acceptors (Lipinski definition) is 3. The van der Waals surface area contributed by atoms with Gasteiger partial charge in [-0.3, -0.25) is 0 Å². The molecule has 1 aromatic heterocycles. The number of rotatable bonds is 1. The molecule has 0 aliphatic carbocycles. The number of aromatic nitrogens is 2. The number of nitrogens with two attached hydrogens (primary N) is 1. The van der Waals surface area contributed by atoms with Crippen LogP contribution in [-0.4, -0.2) is 16.7 Å². The summed E-state index contributed by atoms with van der Waals surface area (Å²) in [5.74, 6) is 5.76. The van der Waals surface area contributed by atoms with Gasteiger partial charge in [0, 0.05) is 13.0 Å². The standard InChI is InChI=1S/C9H11N3/c1-8-5-6-9(12-11-8)4-2-3-7-10/h5-6H,3,7,10H2,1H3. The Bertz CT molecular complexity index is 292. The smallest absolute Gasteiger partial charge is 0.135 e. The summed E-state index contributed by atoms with van der Waals surface area (Å²) in [6.45, 7) is 2.48. The van der Waals surface area contributed by atoms with Crippen LogP contribution in [0.2, 0.25) is 0 Å². The van der Waals surface area contributed by atoms with Gasteiger partial charge in [0.25, 0.3) is 0 Å². The highest BCUT2D eigenvalue weighted by molar-refractivity contribution is 5.26. The lowest BCUT2D eigenvalue weighted by molar-refractivity contribution is 0.965. The van der Waals surface area contributed by atoms with Crippen molar-refractivity contribution < 1.29 is 0 Å². The molecule has 12 heavy (non-hydrogen) atoms. The summed E-state index contributed by atoms with van der Waals surface area (Å²) in [5.41, 5.74) is 6.88. The average Bonchev–Trinajstić information content (AvgIpc) is 2.09. The Labute approximate surface area is 72.0 Å². The molecule has 3 heteroatoms. The van der Waals surface area contributed by atoms with Gasteiger partial charge in [-0.15, -0.1) is 5.10 Å². The molecule has 0 aliphatic rings. The molecule has 0 aromatic carbocycles. The van der Waals surface area contributed by atoms with Crippen LogP contribution in [0.15, 0.2) is 12.1 Å². The molecule has 0 unspecified atom stereocenters. The molecule has 1 aromatic rings. The molecular weight excluding hydrogens is 150 g/mol. The Kier molecular flexibility index (Phi) is 3.24. The topological polar surface area (TPSA) is 51.8 Å². The highest BCUT2D eigenvalue weighted by Crippen LogP contribution is 1.92. The van der Waals surface area contributed by atoms with Gasteiger partial charge >= 0.3 is 0 Å². The van der Waals surface area contributed by atoms with Gasteiger partial charge in [-0.05, 0) is 25.0 Å². The third-order valence-electron chi connectivity index (χ3n) is 1.28. The fraction of sp³-hybridized carbons (Fsp3) is 0.333. The second-order valence-electron chi connectivity index (χ2n) is 2.40. The molecule has 3 nitrogen and oxygen atoms in total. The highest BCUT2D eigenvalue weighted by atomic mass is 15.1. The van der Waals surface area contributed by atoms with E-state index >= 15 is 0 Å². The fourth-order valence-electron chi connectivity index (χ4n) is 0.691. The molecule has 1 heterocycles. The van der Waals surface area contributed by atoms with Crippen molar-refractivity contribution in [1.82, 2.24) is 10.2 Å². The van der Waals surface area contributed by atoms with E-state index in [9.17, 15) is 0 Å². The molecule has 0 fully saturated rings. The molecule has 0 amide bonds. The molecule has 0 saturated heterocycles. The van der Waals surface area contributed by atoms with Crippen molar-refractivity contribution in [1.29, 1.82) is 0 Å². The maximum absolute atomic E-state index is 5.28. The Balaban J connectivity index is 2.66. The van der Waals surface area contributed by atoms with Crippen LogP contribution in [0.5, 0.6) is 0 Å². The minimum Gasteiger partial charge on any atom is -0.330 e. The van der Waals surface area contributed by atoms with Crippen molar-refractivity contribution in [2.24, 2.45) is 5.73 Å². The van der Waals surface area contributed by atoms with Crippen LogP contribution in [0.25, 0.3) is 0 Å². The maximum atomic E-state index is 5.28. The fourth-order valence-corrected chi connectivity index (χ4v) is 0.691. The van der Waals surface area contributed by atoms with E-state index in [0.29, 0.717) is 18.7 Å². The van der Waals surface area contributed by atoms with E-state index in [2.05, 4.69) is 22.0 Å². The van der Waals surface area contributed by atoms with Crippen molar-refractivity contribution in [3.63, 3.8) is 0 Å². The van der Waals surface area contributed by atoms with Gasteiger partial charge in [-0.25, -0.2) is 0 Å². The minimum atomic E-state index is 0.590. The Morgan fingerprint density at radius 2 is 2.25 bits per heavy atom. The SMILES string of the molecule is Cc1ccc(C#CCCN)nn1. The van der Waals surface area contributed by atoms with Crippen molar-refractivity contribution >= 4 is 0 Å². The van der Waals surface area contributed by atoms with Crippen LogP contribution in [0, 0.1) is 18.8 Å². The van der Waals surface area contributed by atoms with Crippen LogP contribution in [0.1, 0.15) is 17.8 Å². The minimum absolute atomic E-state index is 0.590. The molecule has 2 N–H and O–H groups in total. The Hall–Kier alpha value is -1.40. The zero-order valence-electron chi connectivity index (χ0n) is 7.04. The molecule has 0 atom stereocenters. The number of aryl methyl sites for hydroxylation is 1. The van der Waals surface area contributed by atoms with Gasteiger partial charge in [0.1, 0.15) is 5.69 Å². The van der Waals surface area contributed by atoms with Crippen molar-refractivity contribution in [3.05, 3.63) is 23.5 Å². The monoisotopic (exact) mass is 161 g/mol. The van der Waals surface area contributed by atoms with E-state index in [1.165, 1.54) is 0 Å². The zero-order chi connectivity index (χ0) is 8.81. The van der Waals surface area contributed by atoms with E-state index in [4.69, 9.17) is 5.73 Å². The molecular formula is C9H11N3. The van der Waals surface area contributed by atoms with Gasteiger partial charge in [0.15, 0.2) is 0 Å². The Morgan fingerprint density at radius 1 is 1.42 bits per heavy atom. The van der Waals surface area contributed by atoms with E-state index < -0.39 is 0 Å². The first-order chi connectivity index (χ1) is 5.83. The Morgan fingerprint density at radius 3 is 2.83 bits per heavy atom. The lowest BCUT2D eigenvalue weighted by Crippen LogP contribution is -1.95. The highest BCUT2D eigenvalue weighted by Gasteiger charge is 1.87. The van der Waals surface area contributed by atoms with E-state index in [0.717, 1.165) is 5.69 Å². The summed E-state index contributed by atoms with van der Waals surface area (Å²) < 4.78 is 0. The first-order valence-electron chi connectivity index (χ1n) is 3.82. The average molecular weight is 161 g/mol. The normalized spacial score (nSPS) is 8.83. The van der Waals surface area contributed by atoms with Crippen LogP contribution in [-0.2, 0) is 0 Å². The lowest BCUT2D eigenvalue weighted by atomic mass is 10.3. The molecule has 1 rings (SSSR count). The van der Waals surface area contributed by atoms with Crippen LogP contribution in [0.3, 0.4) is 0 Å². The van der Waals surface area contributed by atoms with Crippen LogP contribution < -0.4 is 5.73 Å². The maximum Gasteiger partial charge on any atom is 0.135 e. The first-order valence-corrected chi connectivity index (χ1v) is 3.82. The summed E-state index contributed by atoms with van der Waals surface area (Å²) >= 11 is 0. The van der Waals surface area contributed by atoms with Gasteiger partial charge < -0.3 is 5.73 Å². The molecule has 0 aliphatic heterocycles. The first kappa shape index (κ1) is 8.69. The zero-order valence-corrected chi connectivity index (χ0v) is 7.04. The van der Waals surface area contributed by atoms with Crippen LogP contribution >= 0.6 is 0 Å². The summed E-state index contributed by atoms with van der Waals surface area (Å²) in [4.78, 5) is 0. The summed E-state index contributed by atoms with van der Waals surface area (Å²) in [6.07, 6.45) is 0.704. The summed E-state index contributed by atoms with van der Waals surface area (Å²) in [7, 11) is 0. The predicted molar refractivity (Wildman–Crippen MR) is 47.3 cm³/mol. The lowest BCUT2D eigenvalue weighted by Gasteiger charge is -1.88. The molecule has 0 saturated carbocycles. The van der Waals surface area contributed by atoms with E-state index in [1.807, 2.05) is 19.1 Å². The van der Waals surface area contributed by atoms with Crippen molar-refractivity contribution in [2.75, 3.05) is 6.54 Å². The van der Waals surface area contributed by atoms with Crippen molar-refractivity contribution in [2.45, 2.75) is 13.3 Å². The van der Waals surface area contributed by atoms with Crippen molar-refractivity contribution in [3.8, 4) is 11.8 Å². The largest absolute Gasteiger partial charge is 0.330 e. The van der Waals surface area contributed by atoms with Gasteiger partial charge in [0.2, 0.25) is 0 Å². The van der Waals surface area contributed by atoms with Gasteiger partial charge in [-0.1, -0.05) is 5.92 Å². The van der Waals surface area contributed by atoms with E-state index in [1.54, 1.807) is 0 Å². The predicted octanol–water partition coefficient (Wildman–Crippen LogP) is 0.485. The quantitative estimate of drug-likeness (QED) is 0.610. The van der Waals surface area contributed by atoms with E-state index in [-0.39, 0.29) is 0 Å². The third-order valence-corrected chi connectivity index (χ3v) is 1.28. The summed E-state index contributed by atoms with van der Waals surface area (Å²) in [6, 6.07) is 3.74. The second-order valence-corrected chi connectivity index (χ2v) is 2.40. The molecule has 62 valence electrons. The molecule has 0 bridgehead atoms. The number of nitrogens with zero attached hydrogens (tertiary/aromatic N) is 2. The third kappa shape index (κ3) is 2.69. The second kappa shape index (κ2) is 4.47. The number of hydrogen-bond donors (Lipinski definition) is 1. The van der Waals surface area contributed by atoms with Crippen LogP contribution in [0.4, 0.5) is 0 Å². The van der Waals surface area contributed by atoms with Gasteiger partial charge in [-0.2, -0.15) is 5.10 Å². The summed E-state index contributed by atoms with van der Waals surface area (Å²) in [5, 5.41) is 7.76. The molecule has 0 spiro atoms. The van der Waals surface area contributed by atoms with Gasteiger partial charge in [0.05, 0.1) is 5.69 Å².